The Balaban J connectivity index is 1.90. The van der Waals surface area contributed by atoms with Crippen LogP contribution >= 0.6 is 0 Å². The van der Waals surface area contributed by atoms with Crippen LogP contribution in [0.1, 0.15) is 62.4 Å². The van der Waals surface area contributed by atoms with Gasteiger partial charge in [0.1, 0.15) is 5.60 Å². The maximum Gasteiger partial charge on any atom is 0.338 e. The lowest BCUT2D eigenvalue weighted by Gasteiger charge is -2.33. The molecule has 2 atom stereocenters. The Morgan fingerprint density at radius 3 is 2.62 bits per heavy atom. The maximum atomic E-state index is 12.4. The standard InChI is InChI=1S/C19H24O4S/c1-19(2,3)23-18(20)14-7-4-6-13(10-14)15-11-16-8-5-9-17(12-15)24(16,21)22/h4,6-7,10-11,16-17H,5,8-9,12H2,1-3H3. The molecule has 0 spiro atoms. The Morgan fingerprint density at radius 2 is 1.96 bits per heavy atom. The fraction of sp³-hybridized carbons (Fsp3) is 0.526. The molecule has 3 rings (SSSR count). The summed E-state index contributed by atoms with van der Waals surface area (Å²) in [6.45, 7) is 5.51. The zero-order chi connectivity index (χ0) is 17.5. The number of rotatable bonds is 2. The predicted molar refractivity (Wildman–Crippen MR) is 94.6 cm³/mol. The first-order valence-corrected chi connectivity index (χ1v) is 10.0. The molecule has 0 aliphatic carbocycles. The van der Waals surface area contributed by atoms with Crippen molar-refractivity contribution in [1.82, 2.24) is 0 Å². The molecule has 130 valence electrons. The van der Waals surface area contributed by atoms with Gasteiger partial charge in [-0.2, -0.15) is 0 Å². The highest BCUT2D eigenvalue weighted by Gasteiger charge is 2.40. The van der Waals surface area contributed by atoms with E-state index in [9.17, 15) is 13.2 Å². The smallest absolute Gasteiger partial charge is 0.338 e. The number of hydrogen-bond donors (Lipinski definition) is 0. The number of allylic oxidation sites excluding steroid dienone is 1. The number of ether oxygens (including phenoxy) is 1. The molecular weight excluding hydrogens is 324 g/mol. The number of carbonyl (C=O) groups is 1. The first-order valence-electron chi connectivity index (χ1n) is 8.44. The van der Waals surface area contributed by atoms with Gasteiger partial charge in [-0.15, -0.1) is 0 Å². The molecule has 2 unspecified atom stereocenters. The minimum Gasteiger partial charge on any atom is -0.456 e. The lowest BCUT2D eigenvalue weighted by molar-refractivity contribution is 0.00695. The highest BCUT2D eigenvalue weighted by atomic mass is 32.2. The number of benzene rings is 1. The van der Waals surface area contributed by atoms with Crippen molar-refractivity contribution in [3.8, 4) is 0 Å². The van der Waals surface area contributed by atoms with Gasteiger partial charge in [-0.1, -0.05) is 24.6 Å². The molecule has 5 heteroatoms. The van der Waals surface area contributed by atoms with Gasteiger partial charge < -0.3 is 4.74 Å². The highest BCUT2D eigenvalue weighted by molar-refractivity contribution is 7.93. The van der Waals surface area contributed by atoms with Gasteiger partial charge in [0, 0.05) is 0 Å². The average molecular weight is 348 g/mol. The van der Waals surface area contributed by atoms with Gasteiger partial charge in [-0.05, 0) is 63.3 Å². The molecule has 1 aromatic rings. The molecule has 4 nitrogen and oxygen atoms in total. The SMILES string of the molecule is CC(C)(C)OC(=O)c1cccc(C2=CC3CCCC(C2)S3(=O)=O)c1. The van der Waals surface area contributed by atoms with Crippen LogP contribution in [0, 0.1) is 0 Å². The summed E-state index contributed by atoms with van der Waals surface area (Å²) in [6, 6.07) is 7.31. The molecule has 1 fully saturated rings. The molecule has 0 N–H and O–H groups in total. The Labute approximate surface area is 143 Å². The van der Waals surface area contributed by atoms with Crippen molar-refractivity contribution in [2.75, 3.05) is 0 Å². The normalized spacial score (nSPS) is 25.7. The lowest BCUT2D eigenvalue weighted by atomic mass is 9.92. The average Bonchev–Trinajstić information content (AvgIpc) is 2.44. The Morgan fingerprint density at radius 1 is 1.21 bits per heavy atom. The third kappa shape index (κ3) is 3.41. The fourth-order valence-electron chi connectivity index (χ4n) is 3.45. The predicted octanol–water partition coefficient (Wildman–Crippen LogP) is 3.76. The van der Waals surface area contributed by atoms with Crippen LogP contribution < -0.4 is 0 Å². The zero-order valence-corrected chi connectivity index (χ0v) is 15.2. The van der Waals surface area contributed by atoms with Crippen LogP contribution in [0.25, 0.3) is 5.57 Å². The number of sulfone groups is 1. The summed E-state index contributed by atoms with van der Waals surface area (Å²) in [5.74, 6) is -0.353. The molecule has 24 heavy (non-hydrogen) atoms. The van der Waals surface area contributed by atoms with Crippen molar-refractivity contribution in [2.24, 2.45) is 0 Å². The molecular formula is C19H24O4S. The second-order valence-electron chi connectivity index (χ2n) is 7.66. The molecule has 0 aromatic heterocycles. The van der Waals surface area contributed by atoms with Crippen molar-refractivity contribution in [3.63, 3.8) is 0 Å². The first kappa shape index (κ1) is 17.2. The van der Waals surface area contributed by atoms with Gasteiger partial charge in [0.15, 0.2) is 9.84 Å². The van der Waals surface area contributed by atoms with Crippen LogP contribution in [0.5, 0.6) is 0 Å². The van der Waals surface area contributed by atoms with E-state index in [1.807, 2.05) is 45.0 Å². The van der Waals surface area contributed by atoms with E-state index in [4.69, 9.17) is 4.74 Å². The third-order valence-corrected chi connectivity index (χ3v) is 7.15. The van der Waals surface area contributed by atoms with Crippen molar-refractivity contribution in [1.29, 1.82) is 0 Å². The van der Waals surface area contributed by atoms with E-state index in [1.54, 1.807) is 6.07 Å². The van der Waals surface area contributed by atoms with E-state index in [0.29, 0.717) is 18.4 Å². The van der Waals surface area contributed by atoms with Crippen LogP contribution in [-0.4, -0.2) is 30.5 Å². The molecule has 0 saturated carbocycles. The van der Waals surface area contributed by atoms with Crippen LogP contribution in [0.4, 0.5) is 0 Å². The maximum absolute atomic E-state index is 12.4. The van der Waals surface area contributed by atoms with E-state index >= 15 is 0 Å². The van der Waals surface area contributed by atoms with E-state index in [2.05, 4.69) is 0 Å². The minimum atomic E-state index is -3.02. The monoisotopic (exact) mass is 348 g/mol. The van der Waals surface area contributed by atoms with Crippen LogP contribution in [0.2, 0.25) is 0 Å². The molecule has 1 saturated heterocycles. The first-order chi connectivity index (χ1) is 11.2. The van der Waals surface area contributed by atoms with E-state index in [1.165, 1.54) is 0 Å². The lowest BCUT2D eigenvalue weighted by Crippen LogP contribution is -2.38. The summed E-state index contributed by atoms with van der Waals surface area (Å²) >= 11 is 0. The van der Waals surface area contributed by atoms with Crippen molar-refractivity contribution in [2.45, 2.75) is 62.6 Å². The second kappa shape index (κ2) is 6.03. The summed E-state index contributed by atoms with van der Waals surface area (Å²) < 4.78 is 30.2. The molecule has 2 aliphatic rings. The highest BCUT2D eigenvalue weighted by Crippen LogP contribution is 2.39. The molecule has 1 aromatic carbocycles. The second-order valence-corrected chi connectivity index (χ2v) is 10.1. The van der Waals surface area contributed by atoms with Gasteiger partial charge in [0.2, 0.25) is 0 Å². The molecule has 2 bridgehead atoms. The fourth-order valence-corrected chi connectivity index (χ4v) is 5.70. The summed E-state index contributed by atoms with van der Waals surface area (Å²) in [5, 5.41) is -0.647. The summed E-state index contributed by atoms with van der Waals surface area (Å²) in [4.78, 5) is 12.3. The Bertz CT molecular complexity index is 784. The zero-order valence-electron chi connectivity index (χ0n) is 14.4. The molecule has 2 heterocycles. The van der Waals surface area contributed by atoms with Crippen LogP contribution in [0.15, 0.2) is 30.3 Å². The molecule has 0 amide bonds. The molecule has 2 aliphatic heterocycles. The topological polar surface area (TPSA) is 60.4 Å². The number of carbonyl (C=O) groups excluding carboxylic acids is 1. The van der Waals surface area contributed by atoms with E-state index in [0.717, 1.165) is 24.0 Å². The van der Waals surface area contributed by atoms with Crippen LogP contribution in [0.3, 0.4) is 0 Å². The Kier molecular flexibility index (Phi) is 4.32. The minimum absolute atomic E-state index is 0.276. The quantitative estimate of drug-likeness (QED) is 0.764. The van der Waals surface area contributed by atoms with Crippen molar-refractivity contribution < 1.29 is 17.9 Å². The summed E-state index contributed by atoms with van der Waals surface area (Å²) in [5.41, 5.74) is 1.92. The van der Waals surface area contributed by atoms with Gasteiger partial charge in [-0.25, -0.2) is 13.2 Å². The van der Waals surface area contributed by atoms with Crippen LogP contribution in [-0.2, 0) is 14.6 Å². The van der Waals surface area contributed by atoms with Gasteiger partial charge >= 0.3 is 5.97 Å². The van der Waals surface area contributed by atoms with E-state index in [-0.39, 0.29) is 16.5 Å². The third-order valence-electron chi connectivity index (χ3n) is 4.60. The van der Waals surface area contributed by atoms with Gasteiger partial charge in [0.25, 0.3) is 0 Å². The summed E-state index contributed by atoms with van der Waals surface area (Å²) in [6.07, 6.45) is 4.84. The van der Waals surface area contributed by atoms with Gasteiger partial charge in [0.05, 0.1) is 16.1 Å². The van der Waals surface area contributed by atoms with Crippen molar-refractivity contribution in [3.05, 3.63) is 41.5 Å². The molecule has 0 radical (unpaired) electrons. The van der Waals surface area contributed by atoms with E-state index < -0.39 is 15.4 Å². The van der Waals surface area contributed by atoms with Gasteiger partial charge in [-0.3, -0.25) is 0 Å². The largest absolute Gasteiger partial charge is 0.456 e. The number of fused-ring (bicyclic) bond motifs is 2. The number of esters is 1. The van der Waals surface area contributed by atoms with Crippen molar-refractivity contribution >= 4 is 21.4 Å². The number of hydrogen-bond acceptors (Lipinski definition) is 4. The summed E-state index contributed by atoms with van der Waals surface area (Å²) in [7, 11) is -3.02. The Hall–Kier alpha value is -1.62.